The summed E-state index contributed by atoms with van der Waals surface area (Å²) in [6.45, 7) is 17.2. The van der Waals surface area contributed by atoms with E-state index in [-0.39, 0.29) is 12.1 Å². The molecule has 4 rings (SSSR count). The van der Waals surface area contributed by atoms with Crippen molar-refractivity contribution in [1.82, 2.24) is 0 Å². The van der Waals surface area contributed by atoms with Gasteiger partial charge in [0.25, 0.3) is 0 Å². The van der Waals surface area contributed by atoms with Crippen LogP contribution in [0.5, 0.6) is 0 Å². The fraction of sp³-hybridized carbons (Fsp3) is 0.711. The second-order valence-electron chi connectivity index (χ2n) is 16.6. The summed E-state index contributed by atoms with van der Waals surface area (Å²) < 4.78 is 6.08. The van der Waals surface area contributed by atoms with Crippen molar-refractivity contribution in [3.63, 3.8) is 0 Å². The number of unbranched alkanes of at least 4 members (excludes halogenated alkanes) is 1. The summed E-state index contributed by atoms with van der Waals surface area (Å²) >= 11 is 0. The van der Waals surface area contributed by atoms with Gasteiger partial charge in [0.05, 0.1) is 0 Å². The van der Waals surface area contributed by atoms with Crippen LogP contribution >= 0.6 is 0 Å². The van der Waals surface area contributed by atoms with E-state index in [9.17, 15) is 4.79 Å². The molecule has 9 unspecified atom stereocenters. The number of allylic oxidation sites excluding steroid dienone is 11. The molecule has 4 aliphatic carbocycles. The first-order valence-corrected chi connectivity index (χ1v) is 19.8. The average molecular weight is 643 g/mol. The molecule has 0 bridgehead atoms. The highest BCUT2D eigenvalue weighted by Crippen LogP contribution is 2.67. The van der Waals surface area contributed by atoms with Crippen LogP contribution in [0.1, 0.15) is 145 Å². The maximum Gasteiger partial charge on any atom is 0.306 e. The minimum absolute atomic E-state index is 0.0122. The van der Waals surface area contributed by atoms with Crippen LogP contribution in [0.15, 0.2) is 72.4 Å². The van der Waals surface area contributed by atoms with Crippen molar-refractivity contribution in [2.45, 2.75) is 151 Å². The van der Waals surface area contributed by atoms with Gasteiger partial charge in [-0.25, -0.2) is 0 Å². The number of fused-ring (bicyclic) bond motifs is 5. The van der Waals surface area contributed by atoms with Crippen molar-refractivity contribution < 1.29 is 9.53 Å². The number of carbonyl (C=O) groups excluding carboxylic acids is 1. The second kappa shape index (κ2) is 18.1. The Morgan fingerprint density at radius 1 is 0.872 bits per heavy atom. The molecule has 0 aromatic rings. The van der Waals surface area contributed by atoms with Crippen molar-refractivity contribution in [3.05, 3.63) is 72.4 Å². The lowest BCUT2D eigenvalue weighted by Crippen LogP contribution is -2.51. The van der Waals surface area contributed by atoms with Crippen LogP contribution in [0.4, 0.5) is 0 Å². The molecule has 0 spiro atoms. The van der Waals surface area contributed by atoms with Crippen molar-refractivity contribution >= 4 is 5.97 Å². The molecular formula is C45H70O2. The Bertz CT molecular complexity index is 1160. The summed E-state index contributed by atoms with van der Waals surface area (Å²) in [4.78, 5) is 12.8. The Morgan fingerprint density at radius 3 is 2.26 bits per heavy atom. The first-order chi connectivity index (χ1) is 22.6. The Labute approximate surface area is 290 Å². The molecule has 0 heterocycles. The topological polar surface area (TPSA) is 26.3 Å². The summed E-state index contributed by atoms with van der Waals surface area (Å²) in [6, 6.07) is 0. The number of carbonyl (C=O) groups is 1. The summed E-state index contributed by atoms with van der Waals surface area (Å²) in [7, 11) is 0. The van der Waals surface area contributed by atoms with Crippen LogP contribution in [0, 0.1) is 52.3 Å². The maximum absolute atomic E-state index is 12.8. The maximum atomic E-state index is 12.8. The van der Waals surface area contributed by atoms with Crippen LogP contribution in [0.25, 0.3) is 0 Å². The molecule has 9 atom stereocenters. The molecular weight excluding hydrogens is 572 g/mol. The molecule has 0 amide bonds. The van der Waals surface area contributed by atoms with Gasteiger partial charge in [0.15, 0.2) is 0 Å². The van der Waals surface area contributed by atoms with Crippen LogP contribution in [-0.4, -0.2) is 12.1 Å². The highest BCUT2D eigenvalue weighted by Gasteiger charge is 2.59. The van der Waals surface area contributed by atoms with E-state index in [1.165, 1.54) is 57.8 Å². The molecule has 3 fully saturated rings. The summed E-state index contributed by atoms with van der Waals surface area (Å²) in [5.41, 5.74) is 2.45. The van der Waals surface area contributed by atoms with E-state index in [0.29, 0.717) is 17.3 Å². The van der Waals surface area contributed by atoms with Gasteiger partial charge in [-0.1, -0.05) is 134 Å². The van der Waals surface area contributed by atoms with Crippen LogP contribution in [0.2, 0.25) is 0 Å². The minimum Gasteiger partial charge on any atom is -0.462 e. The van der Waals surface area contributed by atoms with E-state index in [2.05, 4.69) is 78.8 Å². The van der Waals surface area contributed by atoms with Crippen molar-refractivity contribution in [1.29, 1.82) is 0 Å². The molecule has 47 heavy (non-hydrogen) atoms. The van der Waals surface area contributed by atoms with Gasteiger partial charge < -0.3 is 4.74 Å². The smallest absolute Gasteiger partial charge is 0.306 e. The average Bonchev–Trinajstić information content (AvgIpc) is 3.41. The fourth-order valence-corrected chi connectivity index (χ4v) is 10.8. The lowest BCUT2D eigenvalue weighted by atomic mass is 9.47. The number of esters is 1. The molecule has 0 N–H and O–H groups in total. The lowest BCUT2D eigenvalue weighted by molar-refractivity contribution is -0.151. The van der Waals surface area contributed by atoms with Crippen LogP contribution in [-0.2, 0) is 9.53 Å². The van der Waals surface area contributed by atoms with Gasteiger partial charge >= 0.3 is 5.97 Å². The molecule has 0 radical (unpaired) electrons. The van der Waals surface area contributed by atoms with Crippen molar-refractivity contribution in [2.24, 2.45) is 52.3 Å². The molecule has 0 aliphatic heterocycles. The molecule has 0 aromatic carbocycles. The quantitative estimate of drug-likeness (QED) is 0.0725. The van der Waals surface area contributed by atoms with Gasteiger partial charge in [-0.15, -0.1) is 0 Å². The number of hydrogen-bond acceptors (Lipinski definition) is 2. The zero-order chi connectivity index (χ0) is 33.9. The third-order valence-corrected chi connectivity index (χ3v) is 13.6. The Balaban J connectivity index is 1.22. The Morgan fingerprint density at radius 2 is 1.57 bits per heavy atom. The van der Waals surface area contributed by atoms with E-state index in [1.54, 1.807) is 5.57 Å². The van der Waals surface area contributed by atoms with Gasteiger partial charge in [-0.3, -0.25) is 4.79 Å². The largest absolute Gasteiger partial charge is 0.462 e. The minimum atomic E-state index is -0.0122. The van der Waals surface area contributed by atoms with E-state index in [1.807, 2.05) is 36.5 Å². The third kappa shape index (κ3) is 9.54. The van der Waals surface area contributed by atoms with Crippen molar-refractivity contribution in [2.75, 3.05) is 0 Å². The Kier molecular flexibility index (Phi) is 14.5. The molecule has 262 valence electrons. The Hall–Kier alpha value is -2.09. The van der Waals surface area contributed by atoms with Gasteiger partial charge in [-0.2, -0.15) is 0 Å². The number of hydrogen-bond donors (Lipinski definition) is 0. The van der Waals surface area contributed by atoms with Crippen LogP contribution in [0.3, 0.4) is 0 Å². The summed E-state index contributed by atoms with van der Waals surface area (Å²) in [6.07, 6.45) is 41.0. The molecule has 3 saturated carbocycles. The second-order valence-corrected chi connectivity index (χ2v) is 16.6. The van der Waals surface area contributed by atoms with Gasteiger partial charge in [0.1, 0.15) is 6.10 Å². The van der Waals surface area contributed by atoms with E-state index >= 15 is 0 Å². The summed E-state index contributed by atoms with van der Waals surface area (Å²) in [5.74, 6) is 6.00. The number of rotatable bonds is 16. The SMILES string of the molecule is CC/C=C/C=C/C=C\C=C/C=C/CCCC(=O)OC1CCC2(C)C(=CCC3C2CCC2(C)C(C(C)CCC(CC)C(C)C)CCC32)C1. The van der Waals surface area contributed by atoms with E-state index < -0.39 is 0 Å². The normalized spacial score (nSPS) is 34.0. The molecule has 2 nitrogen and oxygen atoms in total. The fourth-order valence-electron chi connectivity index (χ4n) is 10.8. The zero-order valence-corrected chi connectivity index (χ0v) is 31.4. The third-order valence-electron chi connectivity index (χ3n) is 13.6. The zero-order valence-electron chi connectivity index (χ0n) is 31.4. The van der Waals surface area contributed by atoms with Gasteiger partial charge in [-0.05, 0) is 123 Å². The van der Waals surface area contributed by atoms with Crippen LogP contribution < -0.4 is 0 Å². The lowest BCUT2D eigenvalue weighted by Gasteiger charge is -2.58. The monoisotopic (exact) mass is 643 g/mol. The first kappa shape index (κ1) is 37.7. The highest BCUT2D eigenvalue weighted by molar-refractivity contribution is 5.69. The van der Waals surface area contributed by atoms with Gasteiger partial charge in [0, 0.05) is 12.8 Å². The van der Waals surface area contributed by atoms with Gasteiger partial charge in [0.2, 0.25) is 0 Å². The molecule has 0 saturated heterocycles. The predicted molar refractivity (Wildman–Crippen MR) is 202 cm³/mol. The number of ether oxygens (including phenoxy) is 1. The summed E-state index contributed by atoms with van der Waals surface area (Å²) in [5, 5.41) is 0. The molecule has 0 aromatic heterocycles. The molecule has 4 aliphatic rings. The van der Waals surface area contributed by atoms with E-state index in [4.69, 9.17) is 4.74 Å². The highest BCUT2D eigenvalue weighted by atomic mass is 16.5. The predicted octanol–water partition coefficient (Wildman–Crippen LogP) is 12.9. The standard InChI is InChI=1S/C45H70O2/c1-8-10-11-12-13-14-15-16-17-18-19-20-21-22-43(46)47-38-29-31-44(6)37(33-38)25-26-39-41-28-27-40(45(41,7)32-30-42(39)44)35(5)23-24-36(9-2)34(3)4/h10-19,25,34-36,38-42H,8-9,20-24,26-33H2,1-7H3/b11-10+,13-12+,15-14-,17-16-,19-18+. The molecule has 2 heteroatoms. The first-order valence-electron chi connectivity index (χ1n) is 19.8. The van der Waals surface area contributed by atoms with Crippen molar-refractivity contribution in [3.8, 4) is 0 Å². The van der Waals surface area contributed by atoms with E-state index in [0.717, 1.165) is 73.5 Å².